The molecule has 0 atom stereocenters. The van der Waals surface area contributed by atoms with Gasteiger partial charge in [0.25, 0.3) is 11.5 Å². The van der Waals surface area contributed by atoms with Crippen LogP contribution >= 0.6 is 0 Å². The molecule has 0 bridgehead atoms. The van der Waals surface area contributed by atoms with Gasteiger partial charge in [-0.2, -0.15) is 18.2 Å². The van der Waals surface area contributed by atoms with E-state index in [4.69, 9.17) is 12.3 Å². The zero-order valence-electron chi connectivity index (χ0n) is 19.7. The third-order valence-electron chi connectivity index (χ3n) is 4.76. The van der Waals surface area contributed by atoms with Crippen LogP contribution < -0.4 is 10.3 Å². The molecule has 2 heterocycles. The van der Waals surface area contributed by atoms with Crippen molar-refractivity contribution in [2.24, 2.45) is 0 Å². The van der Waals surface area contributed by atoms with Crippen LogP contribution in [0.3, 0.4) is 0 Å². The minimum absolute atomic E-state index is 0.0138. The van der Waals surface area contributed by atoms with Crippen molar-refractivity contribution in [1.29, 1.82) is 0 Å². The summed E-state index contributed by atoms with van der Waals surface area (Å²) in [5.74, 6) is -1.49. The van der Waals surface area contributed by atoms with Crippen LogP contribution in [0.5, 0.6) is 5.75 Å². The summed E-state index contributed by atoms with van der Waals surface area (Å²) in [5, 5.41) is 0.689. The standard InChI is InChI=1S/C22H21F3N2O5/c1-13(28)27(32-14(2)29)12-17-20(26-10-6-5-7-19(26)30)16-11-15(22(23,24)25)8-9-18(16)31-21(17,3)4/h5-11H,12H2,1-4H3/i5T,10T. The molecule has 32 heavy (non-hydrogen) atoms. The quantitative estimate of drug-likeness (QED) is 0.662. The van der Waals surface area contributed by atoms with Crippen molar-refractivity contribution in [3.05, 3.63) is 69.6 Å². The Morgan fingerprint density at radius 3 is 2.50 bits per heavy atom. The third kappa shape index (κ3) is 4.53. The number of fused-ring (bicyclic) bond motifs is 1. The predicted molar refractivity (Wildman–Crippen MR) is 108 cm³/mol. The summed E-state index contributed by atoms with van der Waals surface area (Å²) in [6.45, 7) is 4.84. The van der Waals surface area contributed by atoms with Crippen LogP contribution in [0.25, 0.3) is 5.70 Å². The van der Waals surface area contributed by atoms with Gasteiger partial charge in [0.15, 0.2) is 0 Å². The lowest BCUT2D eigenvalue weighted by molar-refractivity contribution is -0.193. The van der Waals surface area contributed by atoms with Gasteiger partial charge < -0.3 is 9.57 Å². The number of hydrogen-bond donors (Lipinski definition) is 0. The van der Waals surface area contributed by atoms with Gasteiger partial charge in [0.05, 0.1) is 20.5 Å². The molecular formula is C22H21F3N2O5. The molecule has 0 saturated carbocycles. The monoisotopic (exact) mass is 454 g/mol. The lowest BCUT2D eigenvalue weighted by atomic mass is 9.88. The molecule has 170 valence electrons. The van der Waals surface area contributed by atoms with E-state index in [1.807, 2.05) is 0 Å². The first-order valence-electron chi connectivity index (χ1n) is 10.4. The highest BCUT2D eigenvalue weighted by Gasteiger charge is 2.40. The Bertz CT molecular complexity index is 1270. The van der Waals surface area contributed by atoms with E-state index in [0.717, 1.165) is 48.7 Å². The van der Waals surface area contributed by atoms with E-state index in [1.165, 1.54) is 0 Å². The number of benzene rings is 1. The number of carbonyl (C=O) groups excluding carboxylic acids is 2. The summed E-state index contributed by atoms with van der Waals surface area (Å²) in [5.41, 5.74) is -3.35. The normalized spacial score (nSPS) is 15.8. The summed E-state index contributed by atoms with van der Waals surface area (Å²) in [4.78, 5) is 41.5. The largest absolute Gasteiger partial charge is 0.483 e. The molecule has 2 aromatic rings. The second kappa shape index (κ2) is 8.18. The third-order valence-corrected chi connectivity index (χ3v) is 4.76. The number of amides is 1. The van der Waals surface area contributed by atoms with E-state index in [1.54, 1.807) is 13.8 Å². The van der Waals surface area contributed by atoms with Gasteiger partial charge in [-0.05, 0) is 38.1 Å². The van der Waals surface area contributed by atoms with Crippen LogP contribution in [0.1, 0.15) is 41.6 Å². The van der Waals surface area contributed by atoms with E-state index in [2.05, 4.69) is 0 Å². The summed E-state index contributed by atoms with van der Waals surface area (Å²) in [7, 11) is 0. The molecular weight excluding hydrogens is 429 g/mol. The molecule has 1 aliphatic heterocycles. The molecule has 0 saturated heterocycles. The Hall–Kier alpha value is -3.56. The summed E-state index contributed by atoms with van der Waals surface area (Å²) >= 11 is 0. The summed E-state index contributed by atoms with van der Waals surface area (Å²) in [6, 6.07) is 4.43. The first-order valence-corrected chi connectivity index (χ1v) is 9.43. The van der Waals surface area contributed by atoms with Crippen LogP contribution in [0.4, 0.5) is 13.2 Å². The molecule has 0 fully saturated rings. The van der Waals surface area contributed by atoms with E-state index in [9.17, 15) is 27.6 Å². The number of hydroxylamine groups is 2. The molecule has 0 unspecified atom stereocenters. The molecule has 0 aliphatic carbocycles. The highest BCUT2D eigenvalue weighted by molar-refractivity contribution is 5.80. The average Bonchev–Trinajstić information content (AvgIpc) is 2.66. The van der Waals surface area contributed by atoms with Gasteiger partial charge >= 0.3 is 12.1 Å². The highest BCUT2D eigenvalue weighted by Crippen LogP contribution is 2.43. The second-order valence-corrected chi connectivity index (χ2v) is 7.54. The molecule has 1 amide bonds. The smallest absolute Gasteiger partial charge is 0.416 e. The van der Waals surface area contributed by atoms with Crippen LogP contribution in [0.15, 0.2) is 52.9 Å². The number of hydrogen-bond acceptors (Lipinski definition) is 5. The van der Waals surface area contributed by atoms with Crippen LogP contribution in [0.2, 0.25) is 0 Å². The van der Waals surface area contributed by atoms with Crippen LogP contribution in [0, 0.1) is 0 Å². The number of halogens is 3. The van der Waals surface area contributed by atoms with Gasteiger partial charge in [0.2, 0.25) is 0 Å². The van der Waals surface area contributed by atoms with Gasteiger partial charge in [0, 0.05) is 37.2 Å². The SMILES string of the molecule is [3H]c1cc([3H])n(C2=C(CN(OC(C)=O)C(C)=O)C(C)(C)Oc3ccc(C(F)(F)F)cc32)c(=O)c1. The van der Waals surface area contributed by atoms with Gasteiger partial charge in [0.1, 0.15) is 11.4 Å². The zero-order valence-corrected chi connectivity index (χ0v) is 17.7. The Morgan fingerprint density at radius 1 is 1.25 bits per heavy atom. The molecule has 10 heteroatoms. The number of nitrogens with zero attached hydrogens (tertiary/aromatic N) is 2. The van der Waals surface area contributed by atoms with E-state index in [-0.39, 0.29) is 28.6 Å². The predicted octanol–water partition coefficient (Wildman–Crippen LogP) is 3.62. The van der Waals surface area contributed by atoms with Gasteiger partial charge in [-0.1, -0.05) is 6.04 Å². The van der Waals surface area contributed by atoms with Crippen molar-refractivity contribution in [2.45, 2.75) is 39.5 Å². The van der Waals surface area contributed by atoms with E-state index < -0.39 is 47.5 Å². The topological polar surface area (TPSA) is 77.8 Å². The fourth-order valence-corrected chi connectivity index (χ4v) is 3.31. The highest BCUT2D eigenvalue weighted by atomic mass is 19.4. The molecule has 1 aromatic carbocycles. The number of aromatic nitrogens is 1. The Kier molecular flexibility index (Phi) is 5.20. The fourth-order valence-electron chi connectivity index (χ4n) is 3.31. The number of carbonyl (C=O) groups is 2. The summed E-state index contributed by atoms with van der Waals surface area (Å²) in [6.07, 6.45) is -5.18. The van der Waals surface area contributed by atoms with Crippen molar-refractivity contribution in [2.75, 3.05) is 6.54 Å². The maximum Gasteiger partial charge on any atom is 0.416 e. The Labute approximate surface area is 184 Å². The first kappa shape index (κ1) is 20.3. The average molecular weight is 454 g/mol. The van der Waals surface area contributed by atoms with Crippen molar-refractivity contribution in [3.8, 4) is 5.75 Å². The minimum Gasteiger partial charge on any atom is -0.483 e. The zero-order chi connectivity index (χ0) is 25.6. The van der Waals surface area contributed by atoms with Crippen molar-refractivity contribution < 1.29 is 35.1 Å². The fraction of sp³-hybridized carbons (Fsp3) is 0.318. The van der Waals surface area contributed by atoms with Crippen molar-refractivity contribution >= 4 is 17.6 Å². The first-order chi connectivity index (χ1) is 15.6. The van der Waals surface area contributed by atoms with Crippen molar-refractivity contribution in [1.82, 2.24) is 9.63 Å². The molecule has 0 spiro atoms. The lowest BCUT2D eigenvalue weighted by Gasteiger charge is -2.39. The number of ether oxygens (including phenoxy) is 1. The van der Waals surface area contributed by atoms with Gasteiger partial charge in [-0.3, -0.25) is 19.0 Å². The molecule has 0 N–H and O–H groups in total. The van der Waals surface area contributed by atoms with Gasteiger partial charge in [-0.15, -0.1) is 0 Å². The number of rotatable bonds is 3. The molecule has 1 aromatic heterocycles. The number of alkyl halides is 3. The maximum absolute atomic E-state index is 13.5. The molecule has 1 aliphatic rings. The molecule has 3 rings (SSSR count). The Balaban J connectivity index is 2.42. The van der Waals surface area contributed by atoms with Crippen LogP contribution in [-0.4, -0.2) is 33.7 Å². The maximum atomic E-state index is 13.5. The molecule has 7 nitrogen and oxygen atoms in total. The van der Waals surface area contributed by atoms with Crippen LogP contribution in [-0.2, 0) is 20.6 Å². The van der Waals surface area contributed by atoms with E-state index >= 15 is 0 Å². The minimum atomic E-state index is -4.71. The second-order valence-electron chi connectivity index (χ2n) is 7.54. The van der Waals surface area contributed by atoms with Gasteiger partial charge in [-0.25, -0.2) is 0 Å². The Morgan fingerprint density at radius 2 is 1.94 bits per heavy atom. The van der Waals surface area contributed by atoms with E-state index in [0.29, 0.717) is 5.06 Å². The molecule has 0 radical (unpaired) electrons. The van der Waals surface area contributed by atoms with Crippen molar-refractivity contribution in [3.63, 3.8) is 0 Å². The number of pyridine rings is 1. The lowest BCUT2D eigenvalue weighted by Crippen LogP contribution is -2.44. The summed E-state index contributed by atoms with van der Waals surface area (Å²) < 4.78 is 63.3.